The molecular weight excluding hydrogens is 191 g/mol. The number of halogens is 3. The van der Waals surface area contributed by atoms with Crippen molar-refractivity contribution in [3.63, 3.8) is 0 Å². The summed E-state index contributed by atoms with van der Waals surface area (Å²) in [7, 11) is 0. The summed E-state index contributed by atoms with van der Waals surface area (Å²) in [6.45, 7) is 0.392. The molecular formula is C10H10F3N. The normalized spacial score (nSPS) is 19.4. The fourth-order valence-electron chi connectivity index (χ4n) is 1.67. The number of benzene rings is 1. The summed E-state index contributed by atoms with van der Waals surface area (Å²) in [5, 5.41) is 2.69. The zero-order valence-corrected chi connectivity index (χ0v) is 7.49. The smallest absolute Gasteiger partial charge is 0.275 e. The minimum Gasteiger partial charge on any atom is -0.382 e. The highest BCUT2D eigenvalue weighted by atomic mass is 19.3. The van der Waals surface area contributed by atoms with Crippen molar-refractivity contribution in [1.29, 1.82) is 0 Å². The molecule has 1 heterocycles. The third kappa shape index (κ3) is 1.45. The van der Waals surface area contributed by atoms with Crippen LogP contribution in [0.1, 0.15) is 18.4 Å². The van der Waals surface area contributed by atoms with Crippen molar-refractivity contribution in [3.05, 3.63) is 29.6 Å². The van der Waals surface area contributed by atoms with Gasteiger partial charge in [0.15, 0.2) is 0 Å². The summed E-state index contributed by atoms with van der Waals surface area (Å²) in [5.41, 5.74) is -0.273. The third-order valence-corrected chi connectivity index (χ3v) is 2.38. The minimum atomic E-state index is -2.92. The van der Waals surface area contributed by atoms with Crippen LogP contribution in [0.3, 0.4) is 0 Å². The summed E-state index contributed by atoms with van der Waals surface area (Å²) >= 11 is 0. The molecule has 1 nitrogen and oxygen atoms in total. The van der Waals surface area contributed by atoms with Gasteiger partial charge in [-0.2, -0.15) is 0 Å². The van der Waals surface area contributed by atoms with Crippen molar-refractivity contribution in [1.82, 2.24) is 0 Å². The van der Waals surface area contributed by atoms with Crippen molar-refractivity contribution in [2.75, 3.05) is 11.9 Å². The van der Waals surface area contributed by atoms with Gasteiger partial charge in [-0.25, -0.2) is 13.2 Å². The van der Waals surface area contributed by atoms with E-state index in [9.17, 15) is 13.2 Å². The van der Waals surface area contributed by atoms with Crippen molar-refractivity contribution in [2.45, 2.75) is 18.8 Å². The molecule has 1 N–H and O–H groups in total. The molecule has 0 spiro atoms. The number of nitrogens with one attached hydrogen (secondary N) is 1. The molecule has 0 atom stereocenters. The van der Waals surface area contributed by atoms with Crippen molar-refractivity contribution >= 4 is 5.69 Å². The molecule has 0 saturated heterocycles. The molecule has 0 aromatic heterocycles. The number of para-hydroxylation sites is 1. The maximum atomic E-state index is 13.4. The molecule has 0 amide bonds. The quantitative estimate of drug-likeness (QED) is 0.680. The van der Waals surface area contributed by atoms with Crippen LogP contribution in [-0.2, 0) is 5.92 Å². The van der Waals surface area contributed by atoms with Gasteiger partial charge in [-0.15, -0.1) is 0 Å². The van der Waals surface area contributed by atoms with Crippen molar-refractivity contribution in [2.24, 2.45) is 0 Å². The highest BCUT2D eigenvalue weighted by Crippen LogP contribution is 2.40. The lowest BCUT2D eigenvalue weighted by Gasteiger charge is -2.16. The Labute approximate surface area is 79.9 Å². The largest absolute Gasteiger partial charge is 0.382 e. The van der Waals surface area contributed by atoms with Crippen molar-refractivity contribution < 1.29 is 13.2 Å². The van der Waals surface area contributed by atoms with Gasteiger partial charge in [0.2, 0.25) is 0 Å². The van der Waals surface area contributed by atoms with E-state index in [2.05, 4.69) is 5.32 Å². The first-order chi connectivity index (χ1) is 6.61. The first-order valence-corrected chi connectivity index (χ1v) is 4.52. The van der Waals surface area contributed by atoms with E-state index < -0.39 is 11.7 Å². The first-order valence-electron chi connectivity index (χ1n) is 4.52. The Balaban J connectivity index is 2.56. The summed E-state index contributed by atoms with van der Waals surface area (Å²) in [5.74, 6) is -3.52. The van der Waals surface area contributed by atoms with Crippen LogP contribution in [0.15, 0.2) is 18.2 Å². The van der Waals surface area contributed by atoms with E-state index in [1.54, 1.807) is 0 Å². The Morgan fingerprint density at radius 2 is 2.07 bits per heavy atom. The first kappa shape index (κ1) is 9.37. The lowest BCUT2D eigenvalue weighted by molar-refractivity contribution is -0.0122. The van der Waals surface area contributed by atoms with Gasteiger partial charge in [-0.1, -0.05) is 12.1 Å². The van der Waals surface area contributed by atoms with Crippen molar-refractivity contribution in [3.8, 4) is 0 Å². The SMILES string of the molecule is Fc1cccc2c1NCCCC2(F)F. The van der Waals surface area contributed by atoms with Gasteiger partial charge in [0.1, 0.15) is 5.82 Å². The molecule has 1 aromatic rings. The molecule has 0 saturated carbocycles. The van der Waals surface area contributed by atoms with Crippen LogP contribution in [0.2, 0.25) is 0 Å². The van der Waals surface area contributed by atoms with Crippen LogP contribution in [0.4, 0.5) is 18.9 Å². The van der Waals surface area contributed by atoms with Crippen LogP contribution in [-0.4, -0.2) is 6.54 Å². The van der Waals surface area contributed by atoms with Crippen LogP contribution >= 0.6 is 0 Å². The molecule has 0 radical (unpaired) electrons. The predicted octanol–water partition coefficient (Wildman–Crippen LogP) is 3.12. The number of alkyl halides is 2. The molecule has 1 aromatic carbocycles. The summed E-state index contributed by atoms with van der Waals surface area (Å²) in [6, 6.07) is 3.78. The Kier molecular flexibility index (Phi) is 2.13. The second kappa shape index (κ2) is 3.19. The number of hydrogen-bond acceptors (Lipinski definition) is 1. The molecule has 76 valence electrons. The number of anilines is 1. The number of fused-ring (bicyclic) bond motifs is 1. The number of rotatable bonds is 0. The average Bonchev–Trinajstić information content (AvgIpc) is 2.27. The predicted molar refractivity (Wildman–Crippen MR) is 48.0 cm³/mol. The fourth-order valence-corrected chi connectivity index (χ4v) is 1.67. The maximum absolute atomic E-state index is 13.4. The Morgan fingerprint density at radius 3 is 2.86 bits per heavy atom. The molecule has 14 heavy (non-hydrogen) atoms. The Bertz CT molecular complexity index is 349. The van der Waals surface area contributed by atoms with Crippen LogP contribution in [0.25, 0.3) is 0 Å². The van der Waals surface area contributed by atoms with Gasteiger partial charge in [-0.3, -0.25) is 0 Å². The molecule has 4 heteroatoms. The zero-order valence-electron chi connectivity index (χ0n) is 7.49. The second-order valence-electron chi connectivity index (χ2n) is 3.40. The Hall–Kier alpha value is -1.19. The molecule has 0 aliphatic carbocycles. The topological polar surface area (TPSA) is 12.0 Å². The van der Waals surface area contributed by atoms with E-state index in [1.165, 1.54) is 18.2 Å². The molecule has 1 aliphatic rings. The summed E-state index contributed by atoms with van der Waals surface area (Å²) in [4.78, 5) is 0. The fraction of sp³-hybridized carbons (Fsp3) is 0.400. The molecule has 1 aliphatic heterocycles. The summed E-state index contributed by atoms with van der Waals surface area (Å²) < 4.78 is 40.1. The molecule has 2 rings (SSSR count). The van der Waals surface area contributed by atoms with E-state index in [0.29, 0.717) is 13.0 Å². The monoisotopic (exact) mass is 201 g/mol. The van der Waals surface area contributed by atoms with Gasteiger partial charge in [0.25, 0.3) is 5.92 Å². The van der Waals surface area contributed by atoms with Crippen LogP contribution < -0.4 is 5.32 Å². The van der Waals surface area contributed by atoms with Crippen LogP contribution in [0.5, 0.6) is 0 Å². The summed E-state index contributed by atoms with van der Waals surface area (Å²) in [6.07, 6.45) is 0.123. The lowest BCUT2D eigenvalue weighted by Crippen LogP contribution is -2.12. The van der Waals surface area contributed by atoms with E-state index >= 15 is 0 Å². The minimum absolute atomic E-state index is 0.0463. The van der Waals surface area contributed by atoms with E-state index in [4.69, 9.17) is 0 Å². The highest BCUT2D eigenvalue weighted by Gasteiger charge is 2.36. The second-order valence-corrected chi connectivity index (χ2v) is 3.40. The van der Waals surface area contributed by atoms with Crippen LogP contribution in [0, 0.1) is 5.82 Å². The highest BCUT2D eigenvalue weighted by molar-refractivity contribution is 5.55. The standard InChI is InChI=1S/C10H10F3N/c11-8-4-1-3-7-9(8)14-6-2-5-10(7,12)13/h1,3-4,14H,2,5-6H2. The number of hydrogen-bond donors (Lipinski definition) is 1. The van der Waals surface area contributed by atoms with Gasteiger partial charge in [0.05, 0.1) is 5.69 Å². The van der Waals surface area contributed by atoms with Gasteiger partial charge < -0.3 is 5.32 Å². The van der Waals surface area contributed by atoms with Gasteiger partial charge in [-0.05, 0) is 12.5 Å². The third-order valence-electron chi connectivity index (χ3n) is 2.38. The van der Waals surface area contributed by atoms with E-state index in [1.807, 2.05) is 0 Å². The van der Waals surface area contributed by atoms with E-state index in [-0.39, 0.29) is 17.7 Å². The molecule has 0 bridgehead atoms. The van der Waals surface area contributed by atoms with E-state index in [0.717, 1.165) is 0 Å². The Morgan fingerprint density at radius 1 is 1.29 bits per heavy atom. The maximum Gasteiger partial charge on any atom is 0.275 e. The van der Waals surface area contributed by atoms with Gasteiger partial charge in [0, 0.05) is 18.5 Å². The van der Waals surface area contributed by atoms with Gasteiger partial charge >= 0.3 is 0 Å². The average molecular weight is 201 g/mol. The zero-order chi connectivity index (χ0) is 10.2. The lowest BCUT2D eigenvalue weighted by atomic mass is 10.0. The molecule has 0 unspecified atom stereocenters. The molecule has 0 fully saturated rings.